The average Bonchev–Trinajstić information content (AvgIpc) is 2.89. The summed E-state index contributed by atoms with van der Waals surface area (Å²) in [5.74, 6) is 0. The van der Waals surface area contributed by atoms with E-state index in [4.69, 9.17) is 0 Å². The number of thiophene rings is 1. The molecule has 0 radical (unpaired) electrons. The minimum Gasteiger partial charge on any atom is -0.298 e. The lowest BCUT2D eigenvalue weighted by molar-refractivity contribution is -0.137. The van der Waals surface area contributed by atoms with Gasteiger partial charge < -0.3 is 0 Å². The smallest absolute Gasteiger partial charge is 0.298 e. The van der Waals surface area contributed by atoms with Gasteiger partial charge >= 0.3 is 6.18 Å². The van der Waals surface area contributed by atoms with Gasteiger partial charge in [-0.05, 0) is 29.7 Å². The standard InChI is InChI=1S/C16H9F3OS/c17-16(18,19)12-6-5-11(9-20)13(8-12)15-7-10-3-1-2-4-14(10)21-15/h1-9H. The SMILES string of the molecule is O=Cc1ccc(C(F)(F)F)cc1-c1cc2ccccc2s1. The number of hydrogen-bond donors (Lipinski definition) is 0. The van der Waals surface area contributed by atoms with Crippen molar-refractivity contribution in [2.45, 2.75) is 6.18 Å². The maximum Gasteiger partial charge on any atom is 0.416 e. The predicted molar refractivity (Wildman–Crippen MR) is 77.7 cm³/mol. The highest BCUT2D eigenvalue weighted by Gasteiger charge is 2.31. The molecule has 0 N–H and O–H groups in total. The average molecular weight is 306 g/mol. The van der Waals surface area contributed by atoms with Gasteiger partial charge in [-0.3, -0.25) is 4.79 Å². The molecule has 21 heavy (non-hydrogen) atoms. The Morgan fingerprint density at radius 2 is 1.76 bits per heavy atom. The molecule has 1 nitrogen and oxygen atoms in total. The number of halogens is 3. The molecule has 0 atom stereocenters. The molecule has 0 aliphatic heterocycles. The molecule has 2 aromatic carbocycles. The van der Waals surface area contributed by atoms with Crippen LogP contribution in [0.15, 0.2) is 48.5 Å². The van der Waals surface area contributed by atoms with Crippen LogP contribution in [0.25, 0.3) is 20.5 Å². The van der Waals surface area contributed by atoms with Crippen LogP contribution in [0.4, 0.5) is 13.2 Å². The maximum atomic E-state index is 12.8. The van der Waals surface area contributed by atoms with E-state index >= 15 is 0 Å². The minimum absolute atomic E-state index is 0.259. The van der Waals surface area contributed by atoms with Gasteiger partial charge in [0.05, 0.1) is 5.56 Å². The Balaban J connectivity index is 2.21. The van der Waals surface area contributed by atoms with Gasteiger partial charge in [-0.2, -0.15) is 13.2 Å². The zero-order valence-corrected chi connectivity index (χ0v) is 11.5. The molecular weight excluding hydrogens is 297 g/mol. The van der Waals surface area contributed by atoms with Crippen molar-refractivity contribution in [3.63, 3.8) is 0 Å². The normalized spacial score (nSPS) is 11.8. The number of benzene rings is 2. The van der Waals surface area contributed by atoms with Crippen LogP contribution in [0.1, 0.15) is 15.9 Å². The molecular formula is C16H9F3OS. The third kappa shape index (κ3) is 2.56. The fourth-order valence-electron chi connectivity index (χ4n) is 2.16. The summed E-state index contributed by atoms with van der Waals surface area (Å²) >= 11 is 1.37. The Morgan fingerprint density at radius 1 is 1.00 bits per heavy atom. The molecule has 0 fully saturated rings. The number of carbonyl (C=O) groups is 1. The molecule has 0 bridgehead atoms. The van der Waals surface area contributed by atoms with Gasteiger partial charge in [-0.25, -0.2) is 0 Å². The van der Waals surface area contributed by atoms with Gasteiger partial charge in [0.1, 0.15) is 0 Å². The van der Waals surface area contributed by atoms with E-state index in [2.05, 4.69) is 0 Å². The van der Waals surface area contributed by atoms with E-state index in [1.54, 1.807) is 0 Å². The van der Waals surface area contributed by atoms with Crippen molar-refractivity contribution in [1.29, 1.82) is 0 Å². The van der Waals surface area contributed by atoms with Crippen LogP contribution >= 0.6 is 11.3 Å². The number of fused-ring (bicyclic) bond motifs is 1. The molecule has 5 heteroatoms. The first kappa shape index (κ1) is 13.8. The summed E-state index contributed by atoms with van der Waals surface area (Å²) in [6, 6.07) is 12.5. The van der Waals surface area contributed by atoms with E-state index in [1.807, 2.05) is 30.3 Å². The second-order valence-corrected chi connectivity index (χ2v) is 5.65. The molecule has 0 saturated heterocycles. The summed E-state index contributed by atoms with van der Waals surface area (Å²) in [6.07, 6.45) is -3.84. The first-order valence-corrected chi connectivity index (χ1v) is 6.96. The second-order valence-electron chi connectivity index (χ2n) is 4.57. The van der Waals surface area contributed by atoms with E-state index in [0.717, 1.165) is 22.2 Å². The third-order valence-electron chi connectivity index (χ3n) is 3.20. The molecule has 0 aliphatic rings. The van der Waals surface area contributed by atoms with Crippen LogP contribution in [0.2, 0.25) is 0 Å². The number of alkyl halides is 3. The van der Waals surface area contributed by atoms with Crippen molar-refractivity contribution in [1.82, 2.24) is 0 Å². The van der Waals surface area contributed by atoms with Crippen molar-refractivity contribution in [3.05, 3.63) is 59.7 Å². The predicted octanol–water partition coefficient (Wildman–Crippen LogP) is 5.40. The van der Waals surface area contributed by atoms with Crippen molar-refractivity contribution in [2.24, 2.45) is 0 Å². The third-order valence-corrected chi connectivity index (χ3v) is 4.35. The molecule has 0 amide bonds. The molecule has 0 saturated carbocycles. The first-order valence-electron chi connectivity index (χ1n) is 6.14. The quantitative estimate of drug-likeness (QED) is 0.579. The summed E-state index contributed by atoms with van der Waals surface area (Å²) in [6.45, 7) is 0. The van der Waals surface area contributed by atoms with E-state index in [1.165, 1.54) is 17.4 Å². The molecule has 1 aromatic heterocycles. The molecule has 0 spiro atoms. The molecule has 3 rings (SSSR count). The number of hydrogen-bond acceptors (Lipinski definition) is 2. The van der Waals surface area contributed by atoms with Crippen molar-refractivity contribution in [2.75, 3.05) is 0 Å². The lowest BCUT2D eigenvalue weighted by atomic mass is 10.0. The van der Waals surface area contributed by atoms with E-state index in [-0.39, 0.29) is 5.56 Å². The Labute approximate surface area is 122 Å². The lowest BCUT2D eigenvalue weighted by Crippen LogP contribution is -2.05. The Bertz CT molecular complexity index is 785. The second kappa shape index (κ2) is 5.00. The van der Waals surface area contributed by atoms with E-state index < -0.39 is 11.7 Å². The summed E-state index contributed by atoms with van der Waals surface area (Å²) in [5.41, 5.74) is -0.170. The van der Waals surface area contributed by atoms with Crippen molar-refractivity contribution in [3.8, 4) is 10.4 Å². The highest BCUT2D eigenvalue weighted by atomic mass is 32.1. The van der Waals surface area contributed by atoms with Gasteiger partial charge in [0.15, 0.2) is 6.29 Å². The van der Waals surface area contributed by atoms with E-state index in [0.29, 0.717) is 16.7 Å². The van der Waals surface area contributed by atoms with Crippen LogP contribution in [-0.2, 0) is 6.18 Å². The van der Waals surface area contributed by atoms with Gasteiger partial charge in [-0.15, -0.1) is 11.3 Å². The molecule has 3 aromatic rings. The minimum atomic E-state index is -4.42. The van der Waals surface area contributed by atoms with Gasteiger partial charge in [0, 0.05) is 20.7 Å². The van der Waals surface area contributed by atoms with Crippen LogP contribution in [0.5, 0.6) is 0 Å². The Morgan fingerprint density at radius 3 is 2.43 bits per heavy atom. The van der Waals surface area contributed by atoms with Gasteiger partial charge in [0.25, 0.3) is 0 Å². The van der Waals surface area contributed by atoms with Crippen LogP contribution in [0, 0.1) is 0 Å². The van der Waals surface area contributed by atoms with E-state index in [9.17, 15) is 18.0 Å². The first-order chi connectivity index (χ1) is 9.99. The Kier molecular flexibility index (Phi) is 3.29. The van der Waals surface area contributed by atoms with Crippen LogP contribution in [0.3, 0.4) is 0 Å². The van der Waals surface area contributed by atoms with Gasteiger partial charge in [0.2, 0.25) is 0 Å². The van der Waals surface area contributed by atoms with Crippen LogP contribution < -0.4 is 0 Å². The highest BCUT2D eigenvalue weighted by molar-refractivity contribution is 7.22. The van der Waals surface area contributed by atoms with Gasteiger partial charge in [-0.1, -0.05) is 24.3 Å². The summed E-state index contributed by atoms with van der Waals surface area (Å²) in [5, 5.41) is 0.951. The van der Waals surface area contributed by atoms with Crippen molar-refractivity contribution < 1.29 is 18.0 Å². The monoisotopic (exact) mass is 306 g/mol. The fourth-order valence-corrected chi connectivity index (χ4v) is 3.26. The zero-order valence-electron chi connectivity index (χ0n) is 10.6. The molecule has 1 heterocycles. The molecule has 0 unspecified atom stereocenters. The molecule has 0 aliphatic carbocycles. The zero-order chi connectivity index (χ0) is 15.0. The summed E-state index contributed by atoms with van der Waals surface area (Å²) in [4.78, 5) is 11.8. The topological polar surface area (TPSA) is 17.1 Å². The highest BCUT2D eigenvalue weighted by Crippen LogP contribution is 2.38. The number of aldehydes is 1. The summed E-state index contributed by atoms with van der Waals surface area (Å²) in [7, 11) is 0. The summed E-state index contributed by atoms with van der Waals surface area (Å²) < 4.78 is 39.5. The lowest BCUT2D eigenvalue weighted by Gasteiger charge is -2.09. The largest absolute Gasteiger partial charge is 0.416 e. The molecule has 106 valence electrons. The maximum absolute atomic E-state index is 12.8. The fraction of sp³-hybridized carbons (Fsp3) is 0.0625. The van der Waals surface area contributed by atoms with Crippen LogP contribution in [-0.4, -0.2) is 6.29 Å². The Hall–Kier alpha value is -2.14. The number of carbonyl (C=O) groups excluding carboxylic acids is 1. The van der Waals surface area contributed by atoms with Crippen molar-refractivity contribution >= 4 is 27.7 Å². The number of rotatable bonds is 2.